The van der Waals surface area contributed by atoms with Gasteiger partial charge >= 0.3 is 0 Å². The number of hydrogen-bond donors (Lipinski definition) is 1. The minimum absolute atomic E-state index is 0.569. The summed E-state index contributed by atoms with van der Waals surface area (Å²) >= 11 is 0. The largest absolute Gasteiger partial charge is 0.311 e. The number of hydrogen-bond acceptors (Lipinski definition) is 4. The molecule has 0 amide bonds. The van der Waals surface area contributed by atoms with Gasteiger partial charge in [0, 0.05) is 37.1 Å². The summed E-state index contributed by atoms with van der Waals surface area (Å²) in [4.78, 5) is 10.4. The van der Waals surface area contributed by atoms with Gasteiger partial charge in [0.2, 0.25) is 0 Å². The average Bonchev–Trinajstić information content (AvgIpc) is 2.32. The average molecular weight is 222 g/mol. The van der Waals surface area contributed by atoms with Crippen LogP contribution in [0.15, 0.2) is 18.7 Å². The summed E-state index contributed by atoms with van der Waals surface area (Å²) in [5.74, 6) is 0. The zero-order chi connectivity index (χ0) is 11.8. The molecule has 0 radical (unpaired) electrons. The fourth-order valence-corrected chi connectivity index (χ4v) is 1.82. The van der Waals surface area contributed by atoms with Gasteiger partial charge in [-0.05, 0) is 20.0 Å². The molecule has 1 aromatic rings. The second kappa shape index (κ2) is 7.30. The monoisotopic (exact) mass is 222 g/mol. The first-order valence-corrected chi connectivity index (χ1v) is 5.96. The lowest BCUT2D eigenvalue weighted by Gasteiger charge is -2.26. The van der Waals surface area contributed by atoms with Crippen LogP contribution in [0.1, 0.15) is 26.3 Å². The molecule has 1 aromatic heterocycles. The van der Waals surface area contributed by atoms with Gasteiger partial charge in [0.05, 0.1) is 0 Å². The standard InChI is InChI=1S/C12H22N4/c1-4-16(5-2)11(3)6-13-7-12-8-14-10-15-9-12/h8-11,13H,4-7H2,1-3H3. The van der Waals surface area contributed by atoms with Gasteiger partial charge in [-0.1, -0.05) is 13.8 Å². The van der Waals surface area contributed by atoms with Gasteiger partial charge in [-0.3, -0.25) is 4.90 Å². The van der Waals surface area contributed by atoms with Gasteiger partial charge in [0.25, 0.3) is 0 Å². The first kappa shape index (κ1) is 13.1. The lowest BCUT2D eigenvalue weighted by molar-refractivity contribution is 0.225. The molecule has 0 saturated heterocycles. The third-order valence-electron chi connectivity index (χ3n) is 2.82. The minimum atomic E-state index is 0.569. The molecule has 0 fully saturated rings. The van der Waals surface area contributed by atoms with Crippen molar-refractivity contribution in [2.75, 3.05) is 19.6 Å². The maximum absolute atomic E-state index is 3.99. The molecule has 0 bridgehead atoms. The fourth-order valence-electron chi connectivity index (χ4n) is 1.82. The highest BCUT2D eigenvalue weighted by Gasteiger charge is 2.08. The van der Waals surface area contributed by atoms with Crippen LogP contribution in [-0.4, -0.2) is 40.5 Å². The van der Waals surface area contributed by atoms with Crippen LogP contribution >= 0.6 is 0 Å². The van der Waals surface area contributed by atoms with Gasteiger partial charge in [0.15, 0.2) is 0 Å². The molecule has 1 N–H and O–H groups in total. The van der Waals surface area contributed by atoms with Crippen LogP contribution in [0.5, 0.6) is 0 Å². The lowest BCUT2D eigenvalue weighted by Crippen LogP contribution is -2.39. The minimum Gasteiger partial charge on any atom is -0.311 e. The SMILES string of the molecule is CCN(CC)C(C)CNCc1cncnc1. The molecule has 0 saturated carbocycles. The zero-order valence-corrected chi connectivity index (χ0v) is 10.5. The molecular weight excluding hydrogens is 200 g/mol. The zero-order valence-electron chi connectivity index (χ0n) is 10.5. The number of nitrogens with zero attached hydrogens (tertiary/aromatic N) is 3. The molecule has 0 aliphatic rings. The molecule has 4 heteroatoms. The summed E-state index contributed by atoms with van der Waals surface area (Å²) in [6.45, 7) is 10.7. The molecule has 0 aromatic carbocycles. The van der Waals surface area contributed by atoms with E-state index in [4.69, 9.17) is 0 Å². The Morgan fingerprint density at radius 1 is 1.25 bits per heavy atom. The molecule has 0 aliphatic carbocycles. The maximum atomic E-state index is 3.99. The van der Waals surface area contributed by atoms with Crippen LogP contribution in [0.25, 0.3) is 0 Å². The molecule has 1 atom stereocenters. The highest BCUT2D eigenvalue weighted by atomic mass is 15.2. The fraction of sp³-hybridized carbons (Fsp3) is 0.667. The predicted octanol–water partition coefficient (Wildman–Crippen LogP) is 1.30. The predicted molar refractivity (Wildman–Crippen MR) is 66.1 cm³/mol. The number of likely N-dealkylation sites (N-methyl/N-ethyl adjacent to an activating group) is 1. The van der Waals surface area contributed by atoms with E-state index in [1.807, 2.05) is 12.4 Å². The Balaban J connectivity index is 2.25. The van der Waals surface area contributed by atoms with E-state index in [2.05, 4.69) is 41.0 Å². The molecule has 0 aliphatic heterocycles. The van der Waals surface area contributed by atoms with Crippen molar-refractivity contribution in [3.63, 3.8) is 0 Å². The van der Waals surface area contributed by atoms with E-state index >= 15 is 0 Å². The second-order valence-electron chi connectivity index (χ2n) is 3.95. The molecule has 0 spiro atoms. The Morgan fingerprint density at radius 3 is 2.44 bits per heavy atom. The summed E-state index contributed by atoms with van der Waals surface area (Å²) in [7, 11) is 0. The Labute approximate surface area is 98.1 Å². The Bertz CT molecular complexity index is 272. The quantitative estimate of drug-likeness (QED) is 0.755. The third-order valence-corrected chi connectivity index (χ3v) is 2.82. The summed E-state index contributed by atoms with van der Waals surface area (Å²) in [6, 6.07) is 0.569. The van der Waals surface area contributed by atoms with E-state index in [1.54, 1.807) is 6.33 Å². The number of rotatable bonds is 7. The second-order valence-corrected chi connectivity index (χ2v) is 3.95. The number of aromatic nitrogens is 2. The van der Waals surface area contributed by atoms with Gasteiger partial charge in [-0.25, -0.2) is 9.97 Å². The highest BCUT2D eigenvalue weighted by Crippen LogP contribution is 1.97. The van der Waals surface area contributed by atoms with Crippen LogP contribution < -0.4 is 5.32 Å². The van der Waals surface area contributed by atoms with Gasteiger partial charge in [-0.2, -0.15) is 0 Å². The smallest absolute Gasteiger partial charge is 0.115 e. The highest BCUT2D eigenvalue weighted by molar-refractivity contribution is 5.01. The molecule has 1 rings (SSSR count). The van der Waals surface area contributed by atoms with Crippen LogP contribution in [0.3, 0.4) is 0 Å². The maximum Gasteiger partial charge on any atom is 0.115 e. The van der Waals surface area contributed by atoms with Crippen molar-refractivity contribution >= 4 is 0 Å². The van der Waals surface area contributed by atoms with Crippen molar-refractivity contribution in [3.05, 3.63) is 24.3 Å². The molecular formula is C12H22N4. The lowest BCUT2D eigenvalue weighted by atomic mass is 10.2. The van der Waals surface area contributed by atoms with E-state index in [0.717, 1.165) is 31.7 Å². The Hall–Kier alpha value is -1.00. The first-order chi connectivity index (χ1) is 7.77. The van der Waals surface area contributed by atoms with Crippen LogP contribution in [0.4, 0.5) is 0 Å². The van der Waals surface area contributed by atoms with Crippen molar-refractivity contribution in [1.29, 1.82) is 0 Å². The van der Waals surface area contributed by atoms with Crippen LogP contribution in [0.2, 0.25) is 0 Å². The van der Waals surface area contributed by atoms with Gasteiger partial charge in [0.1, 0.15) is 6.33 Å². The summed E-state index contributed by atoms with van der Waals surface area (Å²) in [5.41, 5.74) is 1.13. The first-order valence-electron chi connectivity index (χ1n) is 5.96. The topological polar surface area (TPSA) is 41.0 Å². The van der Waals surface area contributed by atoms with E-state index in [0.29, 0.717) is 6.04 Å². The molecule has 4 nitrogen and oxygen atoms in total. The van der Waals surface area contributed by atoms with E-state index in [-0.39, 0.29) is 0 Å². The van der Waals surface area contributed by atoms with Crippen LogP contribution in [-0.2, 0) is 6.54 Å². The number of nitrogens with one attached hydrogen (secondary N) is 1. The normalized spacial score (nSPS) is 13.0. The Kier molecular flexibility index (Phi) is 5.96. The molecule has 90 valence electrons. The van der Waals surface area contributed by atoms with Crippen molar-refractivity contribution in [3.8, 4) is 0 Å². The summed E-state index contributed by atoms with van der Waals surface area (Å²) < 4.78 is 0. The third kappa shape index (κ3) is 4.24. The molecule has 16 heavy (non-hydrogen) atoms. The molecule has 1 unspecified atom stereocenters. The summed E-state index contributed by atoms with van der Waals surface area (Å²) in [6.07, 6.45) is 5.26. The Morgan fingerprint density at radius 2 is 1.88 bits per heavy atom. The van der Waals surface area contributed by atoms with Crippen molar-refractivity contribution in [2.24, 2.45) is 0 Å². The van der Waals surface area contributed by atoms with Gasteiger partial charge < -0.3 is 5.32 Å². The van der Waals surface area contributed by atoms with Gasteiger partial charge in [-0.15, -0.1) is 0 Å². The van der Waals surface area contributed by atoms with Crippen molar-refractivity contribution < 1.29 is 0 Å². The van der Waals surface area contributed by atoms with Crippen molar-refractivity contribution in [1.82, 2.24) is 20.2 Å². The van der Waals surface area contributed by atoms with Crippen LogP contribution in [0, 0.1) is 0 Å². The summed E-state index contributed by atoms with van der Waals surface area (Å²) in [5, 5.41) is 3.43. The van der Waals surface area contributed by atoms with E-state index < -0.39 is 0 Å². The van der Waals surface area contributed by atoms with E-state index in [1.165, 1.54) is 0 Å². The van der Waals surface area contributed by atoms with Crippen molar-refractivity contribution in [2.45, 2.75) is 33.4 Å². The van der Waals surface area contributed by atoms with E-state index in [9.17, 15) is 0 Å². The molecule has 1 heterocycles.